The number of nitrogens with zero attached hydrogens (tertiary/aromatic N) is 1. The van der Waals surface area contributed by atoms with Crippen molar-refractivity contribution in [1.82, 2.24) is 4.90 Å². The van der Waals surface area contributed by atoms with Crippen LogP contribution in [0.1, 0.15) is 242 Å². The molecule has 0 aromatic heterocycles. The fourth-order valence-electron chi connectivity index (χ4n) is 13.4. The molecule has 0 radical (unpaired) electrons. The average molecular weight is 826 g/mol. The molecule has 0 saturated heterocycles. The zero-order chi connectivity index (χ0) is 42.9. The molecule has 4 aliphatic rings. The molecule has 344 valence electrons. The van der Waals surface area contributed by atoms with E-state index >= 15 is 0 Å². The van der Waals surface area contributed by atoms with Gasteiger partial charge >= 0.3 is 5.97 Å². The second-order valence-corrected chi connectivity index (χ2v) is 22.2. The van der Waals surface area contributed by atoms with Crippen LogP contribution in [0.3, 0.4) is 0 Å². The highest BCUT2D eigenvalue weighted by Gasteiger charge is 2.63. The molecular weight excluding hydrogens is 727 g/mol. The summed E-state index contributed by atoms with van der Waals surface area (Å²) in [6.07, 6.45) is 35.9. The first kappa shape index (κ1) is 50.7. The van der Waals surface area contributed by atoms with Gasteiger partial charge in [-0.05, 0) is 123 Å². The number of allylic oxidation sites excluding steroid dienone is 1. The van der Waals surface area contributed by atoms with E-state index in [0.717, 1.165) is 100 Å². The number of ether oxygens (including phenoxy) is 1. The molecule has 0 amide bonds. The van der Waals surface area contributed by atoms with Crippen molar-refractivity contribution in [2.75, 3.05) is 19.6 Å². The lowest BCUT2D eigenvalue weighted by molar-refractivity contribution is -0.152. The predicted octanol–water partition coefficient (Wildman–Crippen LogP) is 14.4. The van der Waals surface area contributed by atoms with E-state index in [9.17, 15) is 15.0 Å². The van der Waals surface area contributed by atoms with Gasteiger partial charge in [0.1, 0.15) is 6.10 Å². The standard InChI is InChI=1S/C54H99NO4/c1-9-11-13-15-17-20-27-45(56)40-55(41-46(57)28-21-18-16-14-12-10-2)38-23-19-22-29-51(58)59-47-32-35-52(6)44(39-47)30-31-48-49(52)33-37-54(8)50(48)34-36-53(54,7)43(5)26-24-25-42(3)4/h30,42-43,45-50,56-57H,9-29,31-41H2,1-8H3/t43-,45?,46?,47+,48-,49+,50+,52+,53-,54+/m1/s1. The second kappa shape index (κ2) is 25.4. The van der Waals surface area contributed by atoms with E-state index in [2.05, 4.69) is 66.4 Å². The number of esters is 1. The number of unbranched alkanes of at least 4 members (excludes halogenated alkanes) is 12. The molecule has 0 aromatic rings. The largest absolute Gasteiger partial charge is 0.462 e. The first-order valence-electron chi connectivity index (χ1n) is 26.2. The molecule has 5 nitrogen and oxygen atoms in total. The molecule has 0 bridgehead atoms. The molecule has 3 saturated carbocycles. The Morgan fingerprint density at radius 3 is 1.93 bits per heavy atom. The third-order valence-electron chi connectivity index (χ3n) is 17.6. The van der Waals surface area contributed by atoms with E-state index in [1.54, 1.807) is 5.57 Å². The van der Waals surface area contributed by atoms with Crippen LogP contribution in [0.25, 0.3) is 0 Å². The molecule has 4 rings (SSSR count). The normalized spacial score (nSPS) is 30.7. The lowest BCUT2D eigenvalue weighted by Crippen LogP contribution is -2.53. The van der Waals surface area contributed by atoms with Gasteiger partial charge in [0.05, 0.1) is 12.2 Å². The number of aliphatic hydroxyl groups is 2. The van der Waals surface area contributed by atoms with Crippen molar-refractivity contribution < 1.29 is 19.7 Å². The van der Waals surface area contributed by atoms with Crippen molar-refractivity contribution >= 4 is 5.97 Å². The Labute approximate surface area is 366 Å². The summed E-state index contributed by atoms with van der Waals surface area (Å²) in [5.41, 5.74) is 2.79. The zero-order valence-electron chi connectivity index (χ0n) is 40.5. The van der Waals surface area contributed by atoms with Crippen LogP contribution in [-0.4, -0.2) is 59.0 Å². The lowest BCUT2D eigenvalue weighted by atomic mass is 9.44. The summed E-state index contributed by atoms with van der Waals surface area (Å²) in [4.78, 5) is 15.5. The van der Waals surface area contributed by atoms with Crippen LogP contribution in [0.2, 0.25) is 0 Å². The van der Waals surface area contributed by atoms with Crippen LogP contribution in [0.15, 0.2) is 11.6 Å². The smallest absolute Gasteiger partial charge is 0.306 e. The summed E-state index contributed by atoms with van der Waals surface area (Å²) >= 11 is 0. The molecule has 0 heterocycles. The highest BCUT2D eigenvalue weighted by atomic mass is 16.5. The third-order valence-corrected chi connectivity index (χ3v) is 17.6. The molecular formula is C54H99NO4. The lowest BCUT2D eigenvalue weighted by Gasteiger charge is -2.60. The van der Waals surface area contributed by atoms with Gasteiger partial charge in [-0.3, -0.25) is 9.69 Å². The van der Waals surface area contributed by atoms with Gasteiger partial charge in [-0.15, -0.1) is 0 Å². The topological polar surface area (TPSA) is 70.0 Å². The van der Waals surface area contributed by atoms with Gasteiger partial charge in [0.2, 0.25) is 0 Å². The van der Waals surface area contributed by atoms with Gasteiger partial charge in [0, 0.05) is 25.9 Å². The summed E-state index contributed by atoms with van der Waals surface area (Å²) in [7, 11) is 0. The number of hydrogen-bond donors (Lipinski definition) is 2. The summed E-state index contributed by atoms with van der Waals surface area (Å²) in [6, 6.07) is 0. The minimum Gasteiger partial charge on any atom is -0.462 e. The highest BCUT2D eigenvalue weighted by Crippen LogP contribution is 2.71. The molecule has 0 spiro atoms. The average Bonchev–Trinajstić information content (AvgIpc) is 3.48. The molecule has 2 N–H and O–H groups in total. The van der Waals surface area contributed by atoms with Crippen molar-refractivity contribution in [3.8, 4) is 0 Å². The van der Waals surface area contributed by atoms with Crippen LogP contribution >= 0.6 is 0 Å². The van der Waals surface area contributed by atoms with Gasteiger partial charge in [-0.1, -0.05) is 170 Å². The number of aliphatic hydroxyl groups excluding tert-OH is 2. The fraction of sp³-hybridized carbons (Fsp3) is 0.944. The maximum atomic E-state index is 13.2. The van der Waals surface area contributed by atoms with E-state index < -0.39 is 0 Å². The Morgan fingerprint density at radius 2 is 1.31 bits per heavy atom. The molecule has 59 heavy (non-hydrogen) atoms. The monoisotopic (exact) mass is 826 g/mol. The second-order valence-electron chi connectivity index (χ2n) is 22.2. The van der Waals surface area contributed by atoms with Crippen molar-refractivity contribution in [2.24, 2.45) is 45.8 Å². The van der Waals surface area contributed by atoms with Crippen molar-refractivity contribution in [2.45, 2.75) is 260 Å². The number of carbonyl (C=O) groups excluding carboxylic acids is 1. The maximum Gasteiger partial charge on any atom is 0.306 e. The van der Waals surface area contributed by atoms with E-state index in [-0.39, 0.29) is 29.7 Å². The van der Waals surface area contributed by atoms with Crippen LogP contribution in [0, 0.1) is 45.8 Å². The Morgan fingerprint density at radius 1 is 0.712 bits per heavy atom. The fourth-order valence-corrected chi connectivity index (χ4v) is 13.4. The number of carbonyl (C=O) groups is 1. The maximum absolute atomic E-state index is 13.2. The summed E-state index contributed by atoms with van der Waals surface area (Å²) in [6.45, 7) is 22.0. The first-order chi connectivity index (χ1) is 28.3. The molecule has 5 heteroatoms. The van der Waals surface area contributed by atoms with Gasteiger partial charge < -0.3 is 14.9 Å². The predicted molar refractivity (Wildman–Crippen MR) is 250 cm³/mol. The quantitative estimate of drug-likeness (QED) is 0.0429. The Hall–Kier alpha value is -0.910. The van der Waals surface area contributed by atoms with Crippen LogP contribution in [0.4, 0.5) is 0 Å². The SMILES string of the molecule is CCCCCCCCC(O)CN(CCCCCC(=O)O[C@H]1CC[C@@]2(C)C(=CC[C@@H]3[C@@H]2CC[C@@]2(C)[C@H]3CC[C@]2(C)[C@H](C)CCCC(C)C)C1)CC(O)CCCCCCCC. The van der Waals surface area contributed by atoms with Gasteiger partial charge in [-0.2, -0.15) is 0 Å². The van der Waals surface area contributed by atoms with Gasteiger partial charge in [0.25, 0.3) is 0 Å². The molecule has 4 aliphatic carbocycles. The summed E-state index contributed by atoms with van der Waals surface area (Å²) < 4.78 is 6.22. The third kappa shape index (κ3) is 14.6. The van der Waals surface area contributed by atoms with Crippen LogP contribution < -0.4 is 0 Å². The highest BCUT2D eigenvalue weighted by molar-refractivity contribution is 5.69. The van der Waals surface area contributed by atoms with E-state index in [1.165, 1.54) is 116 Å². The summed E-state index contributed by atoms with van der Waals surface area (Å²) in [5, 5.41) is 21.9. The number of rotatable bonds is 30. The van der Waals surface area contributed by atoms with Gasteiger partial charge in [-0.25, -0.2) is 0 Å². The molecule has 3 fully saturated rings. The van der Waals surface area contributed by atoms with Gasteiger partial charge in [0.15, 0.2) is 0 Å². The Balaban J connectivity index is 1.20. The summed E-state index contributed by atoms with van der Waals surface area (Å²) in [5.74, 6) is 4.04. The number of hydrogen-bond acceptors (Lipinski definition) is 5. The Kier molecular flexibility index (Phi) is 21.8. The van der Waals surface area contributed by atoms with Crippen molar-refractivity contribution in [3.63, 3.8) is 0 Å². The van der Waals surface area contributed by atoms with E-state index in [4.69, 9.17) is 4.74 Å². The molecule has 0 aliphatic heterocycles. The van der Waals surface area contributed by atoms with Crippen LogP contribution in [0.5, 0.6) is 0 Å². The molecule has 0 aromatic carbocycles. The Bertz CT molecular complexity index is 1190. The van der Waals surface area contributed by atoms with E-state index in [1.807, 2.05) is 0 Å². The first-order valence-corrected chi connectivity index (χ1v) is 26.2. The van der Waals surface area contributed by atoms with Crippen LogP contribution in [-0.2, 0) is 9.53 Å². The minimum atomic E-state index is -0.338. The molecule has 10 atom stereocenters. The van der Waals surface area contributed by atoms with Crippen molar-refractivity contribution in [3.05, 3.63) is 11.6 Å². The molecule has 2 unspecified atom stereocenters. The van der Waals surface area contributed by atoms with E-state index in [0.29, 0.717) is 30.3 Å². The van der Waals surface area contributed by atoms with Crippen molar-refractivity contribution in [1.29, 1.82) is 0 Å². The number of fused-ring (bicyclic) bond motifs is 5. The minimum absolute atomic E-state index is 0.0188. The zero-order valence-corrected chi connectivity index (χ0v) is 40.5.